The van der Waals surface area contributed by atoms with Crippen molar-refractivity contribution in [2.45, 2.75) is 25.8 Å². The average molecular weight is 308 g/mol. The standard InChI is InChI=1S/C19H20N2O2/c1-12-15-9-8-13-5-2-3-7-16(13)18(15)23-17(12)19(22)21-14-6-4-10-20-11-14/h2-3,5,7-9,14,20H,4,6,10-11H2,1H3,(H,21,22)/t14-/m0/s1. The first-order valence-electron chi connectivity index (χ1n) is 8.16. The minimum atomic E-state index is -0.114. The lowest BCUT2D eigenvalue weighted by molar-refractivity contribution is 0.0904. The molecule has 1 amide bonds. The smallest absolute Gasteiger partial charge is 0.287 e. The Morgan fingerprint density at radius 2 is 2.09 bits per heavy atom. The maximum Gasteiger partial charge on any atom is 0.287 e. The number of furan rings is 1. The number of hydrogen-bond acceptors (Lipinski definition) is 3. The molecule has 4 nitrogen and oxygen atoms in total. The number of nitrogens with one attached hydrogen (secondary N) is 2. The van der Waals surface area contributed by atoms with Gasteiger partial charge < -0.3 is 15.1 Å². The predicted octanol–water partition coefficient (Wildman–Crippen LogP) is 3.38. The highest BCUT2D eigenvalue weighted by atomic mass is 16.3. The topological polar surface area (TPSA) is 54.3 Å². The highest BCUT2D eigenvalue weighted by molar-refractivity contribution is 6.08. The number of hydrogen-bond donors (Lipinski definition) is 2. The molecule has 1 aliphatic rings. The Hall–Kier alpha value is -2.33. The van der Waals surface area contributed by atoms with Crippen molar-refractivity contribution >= 4 is 27.6 Å². The zero-order valence-electron chi connectivity index (χ0n) is 13.2. The molecule has 1 fully saturated rings. The molecule has 0 unspecified atom stereocenters. The van der Waals surface area contributed by atoms with Crippen LogP contribution >= 0.6 is 0 Å². The molecular weight excluding hydrogens is 288 g/mol. The highest BCUT2D eigenvalue weighted by Crippen LogP contribution is 2.31. The monoisotopic (exact) mass is 308 g/mol. The van der Waals surface area contributed by atoms with Gasteiger partial charge >= 0.3 is 0 Å². The van der Waals surface area contributed by atoms with Crippen LogP contribution < -0.4 is 10.6 Å². The largest absolute Gasteiger partial charge is 0.450 e. The molecule has 2 N–H and O–H groups in total. The van der Waals surface area contributed by atoms with Crippen LogP contribution in [0.1, 0.15) is 29.0 Å². The van der Waals surface area contributed by atoms with Gasteiger partial charge in [0.15, 0.2) is 5.76 Å². The van der Waals surface area contributed by atoms with Crippen LogP contribution in [0.5, 0.6) is 0 Å². The molecule has 0 radical (unpaired) electrons. The fraction of sp³-hybridized carbons (Fsp3) is 0.316. The van der Waals surface area contributed by atoms with Gasteiger partial charge in [-0.05, 0) is 31.7 Å². The summed E-state index contributed by atoms with van der Waals surface area (Å²) >= 11 is 0. The zero-order valence-corrected chi connectivity index (χ0v) is 13.2. The summed E-state index contributed by atoms with van der Waals surface area (Å²) in [6, 6.07) is 12.4. The molecular formula is C19H20N2O2. The molecule has 2 heterocycles. The van der Waals surface area contributed by atoms with Crippen LogP contribution in [-0.2, 0) is 0 Å². The second-order valence-electron chi connectivity index (χ2n) is 6.24. The first-order chi connectivity index (χ1) is 11.2. The quantitative estimate of drug-likeness (QED) is 0.763. The van der Waals surface area contributed by atoms with Crippen molar-refractivity contribution < 1.29 is 9.21 Å². The Labute approximate surface area is 134 Å². The molecule has 4 heteroatoms. The van der Waals surface area contributed by atoms with Gasteiger partial charge in [0.05, 0.1) is 0 Å². The van der Waals surface area contributed by atoms with E-state index in [2.05, 4.69) is 22.8 Å². The Morgan fingerprint density at radius 1 is 1.22 bits per heavy atom. The maximum atomic E-state index is 12.6. The molecule has 0 spiro atoms. The minimum absolute atomic E-state index is 0.114. The Morgan fingerprint density at radius 3 is 2.91 bits per heavy atom. The molecule has 2 aromatic carbocycles. The SMILES string of the molecule is Cc1c(C(=O)N[C@H]2CCCNC2)oc2c1ccc1ccccc12. The average Bonchev–Trinajstić information content (AvgIpc) is 2.93. The number of piperidine rings is 1. The van der Waals surface area contributed by atoms with Gasteiger partial charge in [0, 0.05) is 28.9 Å². The maximum absolute atomic E-state index is 12.6. The molecule has 23 heavy (non-hydrogen) atoms. The lowest BCUT2D eigenvalue weighted by atomic mass is 10.1. The van der Waals surface area contributed by atoms with Crippen LogP contribution in [0, 0.1) is 6.92 Å². The van der Waals surface area contributed by atoms with Crippen molar-refractivity contribution in [3.63, 3.8) is 0 Å². The van der Waals surface area contributed by atoms with Gasteiger partial charge in [0.1, 0.15) is 5.58 Å². The van der Waals surface area contributed by atoms with Crippen molar-refractivity contribution in [3.8, 4) is 0 Å². The predicted molar refractivity (Wildman–Crippen MR) is 91.8 cm³/mol. The van der Waals surface area contributed by atoms with Crippen molar-refractivity contribution in [2.24, 2.45) is 0 Å². The summed E-state index contributed by atoms with van der Waals surface area (Å²) in [6.07, 6.45) is 2.11. The molecule has 4 rings (SSSR count). The first-order valence-corrected chi connectivity index (χ1v) is 8.16. The molecule has 1 saturated heterocycles. The summed E-state index contributed by atoms with van der Waals surface area (Å²) in [5.41, 5.74) is 1.71. The summed E-state index contributed by atoms with van der Waals surface area (Å²) in [7, 11) is 0. The summed E-state index contributed by atoms with van der Waals surface area (Å²) in [6.45, 7) is 3.81. The van der Waals surface area contributed by atoms with Crippen LogP contribution in [0.3, 0.4) is 0 Å². The molecule has 1 aliphatic heterocycles. The normalized spacial score (nSPS) is 18.4. The number of benzene rings is 2. The van der Waals surface area contributed by atoms with Gasteiger partial charge in [-0.2, -0.15) is 0 Å². The first kappa shape index (κ1) is 14.3. The number of amides is 1. The van der Waals surface area contributed by atoms with E-state index < -0.39 is 0 Å². The highest BCUT2D eigenvalue weighted by Gasteiger charge is 2.22. The number of carbonyl (C=O) groups is 1. The second-order valence-corrected chi connectivity index (χ2v) is 6.24. The van der Waals surface area contributed by atoms with Crippen LogP contribution in [-0.4, -0.2) is 25.0 Å². The summed E-state index contributed by atoms with van der Waals surface area (Å²) < 4.78 is 5.98. The third kappa shape index (κ3) is 2.49. The molecule has 0 bridgehead atoms. The van der Waals surface area contributed by atoms with E-state index >= 15 is 0 Å². The van der Waals surface area contributed by atoms with E-state index in [-0.39, 0.29) is 11.9 Å². The third-order valence-corrected chi connectivity index (χ3v) is 4.67. The van der Waals surface area contributed by atoms with E-state index in [1.54, 1.807) is 0 Å². The van der Waals surface area contributed by atoms with Crippen molar-refractivity contribution in [3.05, 3.63) is 47.7 Å². The zero-order chi connectivity index (χ0) is 15.8. The van der Waals surface area contributed by atoms with Crippen LogP contribution in [0.2, 0.25) is 0 Å². The lowest BCUT2D eigenvalue weighted by Crippen LogP contribution is -2.45. The summed E-state index contributed by atoms with van der Waals surface area (Å²) in [4.78, 5) is 12.6. The Balaban J connectivity index is 1.73. The molecule has 0 aliphatic carbocycles. The van der Waals surface area contributed by atoms with E-state index in [9.17, 15) is 4.79 Å². The summed E-state index contributed by atoms with van der Waals surface area (Å²) in [5, 5.41) is 9.58. The van der Waals surface area contributed by atoms with Gasteiger partial charge in [0.2, 0.25) is 0 Å². The lowest BCUT2D eigenvalue weighted by Gasteiger charge is -2.23. The van der Waals surface area contributed by atoms with E-state index in [4.69, 9.17) is 4.42 Å². The molecule has 1 aromatic heterocycles. The molecule has 118 valence electrons. The van der Waals surface area contributed by atoms with Gasteiger partial charge in [-0.1, -0.05) is 36.4 Å². The van der Waals surface area contributed by atoms with Crippen LogP contribution in [0.15, 0.2) is 40.8 Å². The van der Waals surface area contributed by atoms with Gasteiger partial charge in [-0.15, -0.1) is 0 Å². The van der Waals surface area contributed by atoms with Crippen molar-refractivity contribution in [1.29, 1.82) is 0 Å². The second kappa shape index (κ2) is 5.70. The van der Waals surface area contributed by atoms with E-state index in [0.717, 1.165) is 53.2 Å². The fourth-order valence-corrected chi connectivity index (χ4v) is 3.39. The molecule has 1 atom stereocenters. The summed E-state index contributed by atoms with van der Waals surface area (Å²) in [5.74, 6) is 0.318. The van der Waals surface area contributed by atoms with E-state index in [1.165, 1.54) is 0 Å². The molecule has 3 aromatic rings. The van der Waals surface area contributed by atoms with Crippen molar-refractivity contribution in [1.82, 2.24) is 10.6 Å². The van der Waals surface area contributed by atoms with Gasteiger partial charge in [-0.3, -0.25) is 4.79 Å². The van der Waals surface area contributed by atoms with Crippen LogP contribution in [0.25, 0.3) is 21.7 Å². The fourth-order valence-electron chi connectivity index (χ4n) is 3.39. The Kier molecular flexibility index (Phi) is 3.54. The van der Waals surface area contributed by atoms with E-state index in [1.807, 2.05) is 31.2 Å². The van der Waals surface area contributed by atoms with Crippen molar-refractivity contribution in [2.75, 3.05) is 13.1 Å². The number of rotatable bonds is 2. The number of carbonyl (C=O) groups excluding carboxylic acids is 1. The minimum Gasteiger partial charge on any atom is -0.450 e. The van der Waals surface area contributed by atoms with E-state index in [0.29, 0.717) is 5.76 Å². The number of aryl methyl sites for hydroxylation is 1. The Bertz CT molecular complexity index is 876. The third-order valence-electron chi connectivity index (χ3n) is 4.67. The van der Waals surface area contributed by atoms with Crippen LogP contribution in [0.4, 0.5) is 0 Å². The van der Waals surface area contributed by atoms with Gasteiger partial charge in [0.25, 0.3) is 5.91 Å². The molecule has 0 saturated carbocycles. The number of fused-ring (bicyclic) bond motifs is 3. The van der Waals surface area contributed by atoms with Gasteiger partial charge in [-0.25, -0.2) is 0 Å².